The number of anilines is 2. The Morgan fingerprint density at radius 3 is 2.59 bits per heavy atom. The van der Waals surface area contributed by atoms with Crippen LogP contribution in [0.3, 0.4) is 0 Å². The normalized spacial score (nSPS) is 22.0. The molecule has 1 aromatic heterocycles. The molecule has 0 radical (unpaired) electrons. The topological polar surface area (TPSA) is 78.6 Å². The van der Waals surface area contributed by atoms with Crippen molar-refractivity contribution < 1.29 is 14.3 Å². The lowest BCUT2D eigenvalue weighted by atomic mass is 9.92. The van der Waals surface area contributed by atoms with Gasteiger partial charge in [-0.05, 0) is 72.0 Å². The Labute approximate surface area is 273 Å². The highest BCUT2D eigenvalue weighted by Crippen LogP contribution is 2.35. The Kier molecular flexibility index (Phi) is 9.23. The number of aromatic nitrogens is 2. The highest BCUT2D eigenvalue weighted by atomic mass is 16.6. The molecule has 2 aromatic carbocycles. The van der Waals surface area contributed by atoms with Gasteiger partial charge in [0, 0.05) is 48.9 Å². The molecule has 3 aliphatic rings. The summed E-state index contributed by atoms with van der Waals surface area (Å²) in [7, 11) is 4.24. The van der Waals surface area contributed by atoms with Gasteiger partial charge in [-0.15, -0.1) is 0 Å². The molecule has 2 fully saturated rings. The van der Waals surface area contributed by atoms with Crippen LogP contribution in [0.4, 0.5) is 16.3 Å². The number of benzene rings is 2. The number of amides is 1. The van der Waals surface area contributed by atoms with E-state index in [0.29, 0.717) is 38.2 Å². The fourth-order valence-electron chi connectivity index (χ4n) is 7.20. The summed E-state index contributed by atoms with van der Waals surface area (Å²) >= 11 is 0. The van der Waals surface area contributed by atoms with Crippen molar-refractivity contribution in [1.82, 2.24) is 19.8 Å². The minimum absolute atomic E-state index is 0.0197. The molecule has 3 aromatic rings. The number of carbonyl (C=O) groups excluding carboxylic acids is 1. The number of fused-ring (bicyclic) bond motifs is 2. The molecule has 1 aliphatic carbocycles. The zero-order valence-corrected chi connectivity index (χ0v) is 27.9. The number of piperazine rings is 1. The van der Waals surface area contributed by atoms with Crippen LogP contribution in [0, 0.1) is 6.57 Å². The lowest BCUT2D eigenvalue weighted by Gasteiger charge is -2.41. The number of nitrogens with zero attached hydrogens (tertiary/aromatic N) is 7. The van der Waals surface area contributed by atoms with E-state index < -0.39 is 5.60 Å². The van der Waals surface area contributed by atoms with Gasteiger partial charge >= 0.3 is 12.1 Å². The molecule has 2 aliphatic heterocycles. The smallest absolute Gasteiger partial charge is 0.410 e. The molecule has 1 saturated carbocycles. The number of ether oxygens (including phenoxy) is 2. The molecule has 3 atom stereocenters. The van der Waals surface area contributed by atoms with Gasteiger partial charge in [-0.2, -0.15) is 9.97 Å². The first-order chi connectivity index (χ1) is 22.1. The summed E-state index contributed by atoms with van der Waals surface area (Å²) in [5.74, 6) is 0.869. The molecule has 6 rings (SSSR count). The van der Waals surface area contributed by atoms with E-state index in [4.69, 9.17) is 26.0 Å². The average molecular weight is 626 g/mol. The van der Waals surface area contributed by atoms with Crippen LogP contribution >= 0.6 is 0 Å². The maximum atomic E-state index is 13.1. The van der Waals surface area contributed by atoms with E-state index >= 15 is 0 Å². The zero-order valence-electron chi connectivity index (χ0n) is 27.9. The van der Waals surface area contributed by atoms with E-state index in [2.05, 4.69) is 76.1 Å². The van der Waals surface area contributed by atoms with Crippen molar-refractivity contribution in [2.45, 2.75) is 83.2 Å². The van der Waals surface area contributed by atoms with Crippen LogP contribution in [0.15, 0.2) is 42.5 Å². The SMILES string of the molecule is [C-]#[N+]CC1CN(c2nc(O[C@H]3CCCC[C@@H]3N(C)C)nc3c2CCN(c2cccc4ccccc24)C3)CCN1C(=O)OC(C)(C)C. The molecule has 3 heterocycles. The molecule has 0 N–H and O–H groups in total. The largest absolute Gasteiger partial charge is 0.458 e. The van der Waals surface area contributed by atoms with E-state index in [-0.39, 0.29) is 24.8 Å². The Morgan fingerprint density at radius 1 is 1.02 bits per heavy atom. The van der Waals surface area contributed by atoms with Crippen molar-refractivity contribution in [3.63, 3.8) is 0 Å². The third kappa shape index (κ3) is 6.85. The zero-order chi connectivity index (χ0) is 32.4. The van der Waals surface area contributed by atoms with E-state index in [9.17, 15) is 4.79 Å². The van der Waals surface area contributed by atoms with Gasteiger partial charge in [0.05, 0.1) is 12.2 Å². The summed E-state index contributed by atoms with van der Waals surface area (Å²) in [6.45, 7) is 16.5. The van der Waals surface area contributed by atoms with E-state index in [1.807, 2.05) is 20.8 Å². The second-order valence-electron chi connectivity index (χ2n) is 14.0. The number of carbonyl (C=O) groups is 1. The molecule has 46 heavy (non-hydrogen) atoms. The quantitative estimate of drug-likeness (QED) is 0.319. The van der Waals surface area contributed by atoms with E-state index in [0.717, 1.165) is 49.3 Å². The molecule has 0 bridgehead atoms. The van der Waals surface area contributed by atoms with Crippen LogP contribution in [0.2, 0.25) is 0 Å². The first-order valence-corrected chi connectivity index (χ1v) is 16.6. The van der Waals surface area contributed by atoms with Crippen LogP contribution in [0.25, 0.3) is 15.6 Å². The van der Waals surface area contributed by atoms with Gasteiger partial charge in [0.1, 0.15) is 23.6 Å². The third-order valence-electron chi connectivity index (χ3n) is 9.43. The van der Waals surface area contributed by atoms with Crippen molar-refractivity contribution in [2.75, 3.05) is 56.6 Å². The van der Waals surface area contributed by atoms with E-state index in [1.165, 1.54) is 22.9 Å². The van der Waals surface area contributed by atoms with Gasteiger partial charge in [0.25, 0.3) is 0 Å². The molecule has 1 saturated heterocycles. The molecular weight excluding hydrogens is 578 g/mol. The van der Waals surface area contributed by atoms with Crippen molar-refractivity contribution in [1.29, 1.82) is 0 Å². The number of rotatable bonds is 6. The minimum atomic E-state index is -0.603. The van der Waals surface area contributed by atoms with Gasteiger partial charge in [0.2, 0.25) is 6.54 Å². The summed E-state index contributed by atoms with van der Waals surface area (Å²) < 4.78 is 12.4. The third-order valence-corrected chi connectivity index (χ3v) is 9.43. The van der Waals surface area contributed by atoms with E-state index in [1.54, 1.807) is 4.90 Å². The maximum Gasteiger partial charge on any atom is 0.410 e. The second-order valence-corrected chi connectivity index (χ2v) is 14.0. The van der Waals surface area contributed by atoms with Gasteiger partial charge in [-0.1, -0.05) is 42.8 Å². The Morgan fingerprint density at radius 2 is 1.80 bits per heavy atom. The number of hydrogen-bond donors (Lipinski definition) is 0. The monoisotopic (exact) mass is 625 g/mol. The summed E-state index contributed by atoms with van der Waals surface area (Å²) in [4.78, 5) is 35.7. The first-order valence-electron chi connectivity index (χ1n) is 16.6. The Balaban J connectivity index is 1.34. The fraction of sp³-hybridized carbons (Fsp3) is 0.556. The summed E-state index contributed by atoms with van der Waals surface area (Å²) in [6.07, 6.45) is 4.84. The molecule has 244 valence electrons. The Hall–Kier alpha value is -4.10. The van der Waals surface area contributed by atoms with Crippen LogP contribution in [0.5, 0.6) is 6.01 Å². The molecule has 0 spiro atoms. The standard InChI is InChI=1S/C36H47N7O3/c1-36(2,3)46-35(44)43-21-20-42(23-26(43)22-37-4)33-28-18-19-41(30-16-11-13-25-12-7-8-14-27(25)30)24-29(28)38-34(39-33)45-32-17-10-9-15-31(32)40(5)6/h7-8,11-14,16,26,31-32H,9-10,15,17-24H2,1-3,5-6H3/t26?,31-,32-/m0/s1. The average Bonchev–Trinajstić information content (AvgIpc) is 3.03. The molecular formula is C36H47N7O3. The van der Waals surface area contributed by atoms with Gasteiger partial charge in [-0.3, -0.25) is 4.90 Å². The van der Waals surface area contributed by atoms with Crippen molar-refractivity contribution in [3.05, 3.63) is 65.1 Å². The second kappa shape index (κ2) is 13.3. The predicted octanol–water partition coefficient (Wildman–Crippen LogP) is 5.79. The van der Waals surface area contributed by atoms with Crippen molar-refractivity contribution in [3.8, 4) is 6.01 Å². The first kappa shape index (κ1) is 31.9. The molecule has 1 amide bonds. The summed E-state index contributed by atoms with van der Waals surface area (Å²) in [5, 5.41) is 2.45. The van der Waals surface area contributed by atoms with Gasteiger partial charge in [0.15, 0.2) is 0 Å². The predicted molar refractivity (Wildman–Crippen MR) is 182 cm³/mol. The lowest BCUT2D eigenvalue weighted by molar-refractivity contribution is 0.0155. The molecule has 10 nitrogen and oxygen atoms in total. The summed E-state index contributed by atoms with van der Waals surface area (Å²) in [6, 6.07) is 15.4. The Bertz CT molecular complexity index is 1590. The number of likely N-dealkylation sites (N-methyl/N-ethyl adjacent to an activating group) is 1. The summed E-state index contributed by atoms with van der Waals surface area (Å²) in [5.41, 5.74) is 2.71. The lowest BCUT2D eigenvalue weighted by Crippen LogP contribution is -2.57. The van der Waals surface area contributed by atoms with Crippen LogP contribution in [-0.2, 0) is 17.7 Å². The number of hydrogen-bond acceptors (Lipinski definition) is 8. The van der Waals surface area contributed by atoms with Crippen molar-refractivity contribution >= 4 is 28.4 Å². The highest BCUT2D eigenvalue weighted by Gasteiger charge is 2.38. The van der Waals surface area contributed by atoms with Crippen LogP contribution < -0.4 is 14.5 Å². The van der Waals surface area contributed by atoms with Crippen LogP contribution in [0.1, 0.15) is 57.7 Å². The molecule has 1 unspecified atom stereocenters. The minimum Gasteiger partial charge on any atom is -0.458 e. The highest BCUT2D eigenvalue weighted by molar-refractivity contribution is 5.94. The van der Waals surface area contributed by atoms with Gasteiger partial charge in [-0.25, -0.2) is 11.4 Å². The maximum absolute atomic E-state index is 13.1. The van der Waals surface area contributed by atoms with Crippen molar-refractivity contribution in [2.24, 2.45) is 0 Å². The van der Waals surface area contributed by atoms with Gasteiger partial charge < -0.3 is 29.0 Å². The fourth-order valence-corrected chi connectivity index (χ4v) is 7.20. The van der Waals surface area contributed by atoms with Crippen LogP contribution in [-0.4, -0.2) is 96.5 Å². The molecule has 10 heteroatoms.